The second-order valence-corrected chi connectivity index (χ2v) is 9.26. The molecule has 0 fully saturated rings. The number of rotatable bonds is 5. The molecule has 0 saturated carbocycles. The van der Waals surface area contributed by atoms with Crippen molar-refractivity contribution in [2.75, 3.05) is 4.90 Å². The molecule has 0 spiro atoms. The zero-order valence-electron chi connectivity index (χ0n) is 20.7. The van der Waals surface area contributed by atoms with Crippen molar-refractivity contribution in [1.29, 1.82) is 0 Å². The number of hydrogen-bond donors (Lipinski definition) is 0. The Morgan fingerprint density at radius 3 is 1.71 bits per heavy atom. The molecule has 3 nitrogen and oxygen atoms in total. The number of nitrogens with zero attached hydrogens (tertiary/aromatic N) is 2. The molecule has 0 aliphatic carbocycles. The minimum atomic E-state index is 0.852. The van der Waals surface area contributed by atoms with Crippen molar-refractivity contribution in [1.82, 2.24) is 4.98 Å². The predicted octanol–water partition coefficient (Wildman–Crippen LogP) is 9.78. The summed E-state index contributed by atoms with van der Waals surface area (Å²) >= 11 is 0. The lowest BCUT2D eigenvalue weighted by Crippen LogP contribution is -2.09. The molecule has 0 saturated heterocycles. The van der Waals surface area contributed by atoms with Crippen molar-refractivity contribution in [3.63, 3.8) is 0 Å². The topological polar surface area (TPSA) is 29.3 Å². The highest BCUT2D eigenvalue weighted by molar-refractivity contribution is 6.11. The van der Waals surface area contributed by atoms with Gasteiger partial charge in [-0.25, -0.2) is 0 Å². The van der Waals surface area contributed by atoms with Crippen LogP contribution in [-0.2, 0) is 0 Å². The van der Waals surface area contributed by atoms with Gasteiger partial charge in [0, 0.05) is 34.2 Å². The lowest BCUT2D eigenvalue weighted by atomic mass is 10.0. The van der Waals surface area contributed by atoms with E-state index in [1.165, 1.54) is 11.1 Å². The molecule has 2 aromatic heterocycles. The first-order valence-electron chi connectivity index (χ1n) is 12.7. The van der Waals surface area contributed by atoms with Gasteiger partial charge in [0.15, 0.2) is 0 Å². The Labute approximate surface area is 221 Å². The fourth-order valence-corrected chi connectivity index (χ4v) is 5.12. The van der Waals surface area contributed by atoms with Crippen LogP contribution in [0.1, 0.15) is 0 Å². The number of furan rings is 1. The average molecular weight is 489 g/mol. The van der Waals surface area contributed by atoms with Crippen LogP contribution in [0.2, 0.25) is 0 Å². The molecule has 7 rings (SSSR count). The summed E-state index contributed by atoms with van der Waals surface area (Å²) in [6, 6.07) is 48.4. The Morgan fingerprint density at radius 2 is 1.00 bits per heavy atom. The zero-order chi connectivity index (χ0) is 25.3. The van der Waals surface area contributed by atoms with Crippen molar-refractivity contribution in [2.45, 2.75) is 0 Å². The third kappa shape index (κ3) is 3.91. The molecular formula is C35H24N2O. The van der Waals surface area contributed by atoms with E-state index in [4.69, 9.17) is 9.40 Å². The fourth-order valence-electron chi connectivity index (χ4n) is 5.12. The molecule has 0 aliphatic rings. The summed E-state index contributed by atoms with van der Waals surface area (Å²) in [5, 5.41) is 2.13. The van der Waals surface area contributed by atoms with Crippen molar-refractivity contribution in [3.05, 3.63) is 146 Å². The molecule has 0 atom stereocenters. The smallest absolute Gasteiger partial charge is 0.139 e. The number of pyridine rings is 1. The van der Waals surface area contributed by atoms with Gasteiger partial charge in [-0.05, 0) is 59.7 Å². The molecule has 180 valence electrons. The summed E-state index contributed by atoms with van der Waals surface area (Å²) in [5.41, 5.74) is 9.41. The van der Waals surface area contributed by atoms with Crippen molar-refractivity contribution in [2.24, 2.45) is 0 Å². The van der Waals surface area contributed by atoms with E-state index >= 15 is 0 Å². The van der Waals surface area contributed by atoms with E-state index in [2.05, 4.69) is 108 Å². The van der Waals surface area contributed by atoms with Gasteiger partial charge in [-0.1, -0.05) is 91.0 Å². The monoisotopic (exact) mass is 488 g/mol. The molecular weight excluding hydrogens is 464 g/mol. The van der Waals surface area contributed by atoms with Crippen LogP contribution >= 0.6 is 0 Å². The van der Waals surface area contributed by atoms with E-state index in [0.717, 1.165) is 50.3 Å². The molecule has 0 unspecified atom stereocenters. The van der Waals surface area contributed by atoms with Crippen molar-refractivity contribution >= 4 is 39.0 Å². The second-order valence-electron chi connectivity index (χ2n) is 9.26. The Hall–Kier alpha value is -5.15. The highest BCUT2D eigenvalue weighted by Gasteiger charge is 2.16. The van der Waals surface area contributed by atoms with Gasteiger partial charge < -0.3 is 9.32 Å². The minimum absolute atomic E-state index is 0.852. The third-order valence-electron chi connectivity index (χ3n) is 6.94. The van der Waals surface area contributed by atoms with E-state index in [-0.39, 0.29) is 0 Å². The summed E-state index contributed by atoms with van der Waals surface area (Å²) < 4.78 is 6.09. The van der Waals surface area contributed by atoms with Crippen LogP contribution in [-0.4, -0.2) is 4.98 Å². The Kier molecular flexibility index (Phi) is 5.45. The van der Waals surface area contributed by atoms with E-state index < -0.39 is 0 Å². The quantitative estimate of drug-likeness (QED) is 0.241. The number of fused-ring (bicyclic) bond motifs is 3. The zero-order valence-corrected chi connectivity index (χ0v) is 20.7. The number of aromatic nitrogens is 1. The first-order valence-corrected chi connectivity index (χ1v) is 12.7. The molecule has 3 heteroatoms. The molecule has 7 aromatic rings. The number of para-hydroxylation sites is 2. The lowest BCUT2D eigenvalue weighted by molar-refractivity contribution is 0.668. The van der Waals surface area contributed by atoms with Crippen LogP contribution in [0, 0.1) is 0 Å². The van der Waals surface area contributed by atoms with Crippen LogP contribution in [0.4, 0.5) is 17.1 Å². The number of anilines is 3. The fraction of sp³-hybridized carbons (Fsp3) is 0. The Bertz CT molecular complexity index is 1840. The Balaban J connectivity index is 1.30. The van der Waals surface area contributed by atoms with Crippen LogP contribution in [0.15, 0.2) is 150 Å². The first-order chi connectivity index (χ1) is 18.8. The Morgan fingerprint density at radius 1 is 0.447 bits per heavy atom. The molecule has 0 radical (unpaired) electrons. The standard InChI is InChI=1S/C35H24N2O/c1-3-9-25(10-4-1)26-15-19-29(20-16-26)37(28-11-5-2-6-12-28)30-21-17-27(18-22-30)35-34-31-13-7-8-14-32(31)38-33(34)23-24-36-35/h1-24H. The lowest BCUT2D eigenvalue weighted by Gasteiger charge is -2.26. The van der Waals surface area contributed by atoms with Gasteiger partial charge in [0.1, 0.15) is 11.2 Å². The van der Waals surface area contributed by atoms with Crippen molar-refractivity contribution in [3.8, 4) is 22.4 Å². The van der Waals surface area contributed by atoms with Crippen LogP contribution in [0.25, 0.3) is 44.3 Å². The highest BCUT2D eigenvalue weighted by atomic mass is 16.3. The molecule has 0 aliphatic heterocycles. The summed E-state index contributed by atoms with van der Waals surface area (Å²) in [5.74, 6) is 0. The van der Waals surface area contributed by atoms with Crippen molar-refractivity contribution < 1.29 is 4.42 Å². The number of hydrogen-bond acceptors (Lipinski definition) is 3. The first kappa shape index (κ1) is 22.1. The van der Waals surface area contributed by atoms with Gasteiger partial charge in [0.2, 0.25) is 0 Å². The number of benzene rings is 5. The molecule has 0 N–H and O–H groups in total. The molecule has 0 bridgehead atoms. The van der Waals surface area contributed by atoms with Gasteiger partial charge >= 0.3 is 0 Å². The third-order valence-corrected chi connectivity index (χ3v) is 6.94. The van der Waals surface area contributed by atoms with Crippen LogP contribution < -0.4 is 4.90 Å². The minimum Gasteiger partial charge on any atom is -0.456 e. The summed E-state index contributed by atoms with van der Waals surface area (Å²) in [4.78, 5) is 7.03. The molecule has 0 amide bonds. The maximum absolute atomic E-state index is 6.09. The van der Waals surface area contributed by atoms with E-state index in [1.807, 2.05) is 42.6 Å². The summed E-state index contributed by atoms with van der Waals surface area (Å²) in [6.45, 7) is 0. The van der Waals surface area contributed by atoms with E-state index in [1.54, 1.807) is 0 Å². The second kappa shape index (κ2) is 9.38. The van der Waals surface area contributed by atoms with E-state index in [0.29, 0.717) is 0 Å². The van der Waals surface area contributed by atoms with Crippen LogP contribution in [0.3, 0.4) is 0 Å². The summed E-state index contributed by atoms with van der Waals surface area (Å²) in [6.07, 6.45) is 1.82. The van der Waals surface area contributed by atoms with Gasteiger partial charge in [0.25, 0.3) is 0 Å². The normalized spacial score (nSPS) is 11.2. The maximum Gasteiger partial charge on any atom is 0.139 e. The van der Waals surface area contributed by atoms with Gasteiger partial charge in [0.05, 0.1) is 11.1 Å². The predicted molar refractivity (Wildman–Crippen MR) is 157 cm³/mol. The van der Waals surface area contributed by atoms with Gasteiger partial charge in [-0.3, -0.25) is 4.98 Å². The summed E-state index contributed by atoms with van der Waals surface area (Å²) in [7, 11) is 0. The highest BCUT2D eigenvalue weighted by Crippen LogP contribution is 2.38. The van der Waals surface area contributed by atoms with Crippen LogP contribution in [0.5, 0.6) is 0 Å². The average Bonchev–Trinajstić information content (AvgIpc) is 3.38. The van der Waals surface area contributed by atoms with Gasteiger partial charge in [-0.2, -0.15) is 0 Å². The SMILES string of the molecule is c1ccc(-c2ccc(N(c3ccccc3)c3ccc(-c4nccc5oc6ccccc6c45)cc3)cc2)cc1. The molecule has 2 heterocycles. The van der Waals surface area contributed by atoms with E-state index in [9.17, 15) is 0 Å². The largest absolute Gasteiger partial charge is 0.456 e. The molecule has 38 heavy (non-hydrogen) atoms. The maximum atomic E-state index is 6.09. The van der Waals surface area contributed by atoms with Gasteiger partial charge in [-0.15, -0.1) is 0 Å². The molecule has 5 aromatic carbocycles.